The van der Waals surface area contributed by atoms with E-state index in [1.807, 2.05) is 33.8 Å². The van der Waals surface area contributed by atoms with E-state index in [2.05, 4.69) is 5.32 Å². The zero-order valence-electron chi connectivity index (χ0n) is 18.0. The Hall–Kier alpha value is -3.41. The second-order valence-corrected chi connectivity index (χ2v) is 7.90. The van der Waals surface area contributed by atoms with Gasteiger partial charge in [0.2, 0.25) is 5.91 Å². The number of carbonyl (C=O) groups is 1. The Morgan fingerprint density at radius 1 is 0.968 bits per heavy atom. The number of carbonyl (C=O) groups excluding carboxylic acids is 1. The van der Waals surface area contributed by atoms with E-state index in [9.17, 15) is 14.0 Å². The molecule has 160 valence electrons. The smallest absolute Gasteiger partial charge is 0.340 e. The van der Waals surface area contributed by atoms with Gasteiger partial charge in [0.1, 0.15) is 22.7 Å². The number of halogens is 1. The van der Waals surface area contributed by atoms with E-state index < -0.39 is 5.63 Å². The number of nitrogens with one attached hydrogen (secondary N) is 1. The molecular formula is C25H24FNO4. The summed E-state index contributed by atoms with van der Waals surface area (Å²) >= 11 is 0. The lowest BCUT2D eigenvalue weighted by molar-refractivity contribution is -0.120. The second-order valence-electron chi connectivity index (χ2n) is 7.90. The lowest BCUT2D eigenvalue weighted by Gasteiger charge is -2.10. The van der Waals surface area contributed by atoms with E-state index >= 15 is 0 Å². The first-order valence-electron chi connectivity index (χ1n) is 10.2. The maximum absolute atomic E-state index is 13.7. The third kappa shape index (κ3) is 3.74. The van der Waals surface area contributed by atoms with Crippen LogP contribution in [0.25, 0.3) is 21.9 Å². The summed E-state index contributed by atoms with van der Waals surface area (Å²) in [7, 11) is 0. The van der Waals surface area contributed by atoms with Crippen molar-refractivity contribution < 1.29 is 18.0 Å². The molecule has 6 heteroatoms. The molecule has 1 amide bonds. The van der Waals surface area contributed by atoms with Crippen LogP contribution in [0.4, 0.5) is 4.39 Å². The van der Waals surface area contributed by atoms with Gasteiger partial charge in [-0.05, 0) is 62.9 Å². The van der Waals surface area contributed by atoms with Gasteiger partial charge in [-0.25, -0.2) is 9.18 Å². The fourth-order valence-electron chi connectivity index (χ4n) is 3.96. The number of hydrogen-bond donors (Lipinski definition) is 1. The summed E-state index contributed by atoms with van der Waals surface area (Å²) in [5, 5.41) is 4.53. The summed E-state index contributed by atoms with van der Waals surface area (Å²) in [6, 6.07) is 8.42. The van der Waals surface area contributed by atoms with Crippen molar-refractivity contribution in [1.82, 2.24) is 5.32 Å². The van der Waals surface area contributed by atoms with Gasteiger partial charge in [0.25, 0.3) is 0 Å². The fourth-order valence-corrected chi connectivity index (χ4v) is 3.96. The summed E-state index contributed by atoms with van der Waals surface area (Å²) in [4.78, 5) is 25.1. The van der Waals surface area contributed by atoms with E-state index in [0.29, 0.717) is 28.7 Å². The van der Waals surface area contributed by atoms with Crippen LogP contribution in [-0.4, -0.2) is 12.5 Å². The van der Waals surface area contributed by atoms with Gasteiger partial charge in [-0.15, -0.1) is 0 Å². The zero-order chi connectivity index (χ0) is 22.3. The largest absolute Gasteiger partial charge is 0.461 e. The molecule has 0 radical (unpaired) electrons. The highest BCUT2D eigenvalue weighted by molar-refractivity contribution is 6.00. The molecular weight excluding hydrogens is 397 g/mol. The van der Waals surface area contributed by atoms with Crippen molar-refractivity contribution in [3.8, 4) is 0 Å². The Morgan fingerprint density at radius 3 is 2.39 bits per heavy atom. The highest BCUT2D eigenvalue weighted by Gasteiger charge is 2.20. The van der Waals surface area contributed by atoms with Gasteiger partial charge in [-0.3, -0.25) is 4.79 Å². The van der Waals surface area contributed by atoms with Crippen molar-refractivity contribution in [3.63, 3.8) is 0 Å². The van der Waals surface area contributed by atoms with Gasteiger partial charge in [-0.1, -0.05) is 18.2 Å². The van der Waals surface area contributed by atoms with Crippen LogP contribution in [0.1, 0.15) is 33.6 Å². The van der Waals surface area contributed by atoms with Gasteiger partial charge < -0.3 is 14.2 Å². The molecule has 4 rings (SSSR count). The Balaban J connectivity index is 1.61. The minimum absolute atomic E-state index is 0.0954. The van der Waals surface area contributed by atoms with Crippen LogP contribution >= 0.6 is 0 Å². The van der Waals surface area contributed by atoms with Crippen LogP contribution in [0.3, 0.4) is 0 Å². The average Bonchev–Trinajstić information content (AvgIpc) is 3.02. The summed E-state index contributed by atoms with van der Waals surface area (Å²) in [5.74, 6) is 0.219. The molecule has 0 unspecified atom stereocenters. The van der Waals surface area contributed by atoms with Gasteiger partial charge in [0.05, 0.1) is 12.0 Å². The number of rotatable bonds is 5. The van der Waals surface area contributed by atoms with Crippen LogP contribution in [0.2, 0.25) is 0 Å². The Bertz CT molecular complexity index is 1380. The first-order valence-corrected chi connectivity index (χ1v) is 10.2. The van der Waals surface area contributed by atoms with Crippen LogP contribution in [0.15, 0.2) is 44.0 Å². The molecule has 0 aliphatic carbocycles. The van der Waals surface area contributed by atoms with E-state index in [4.69, 9.17) is 8.83 Å². The summed E-state index contributed by atoms with van der Waals surface area (Å²) in [5.41, 5.74) is 4.05. The highest BCUT2D eigenvalue weighted by atomic mass is 19.1. The van der Waals surface area contributed by atoms with Crippen LogP contribution < -0.4 is 10.9 Å². The van der Waals surface area contributed by atoms with Crippen LogP contribution in [0, 0.1) is 33.5 Å². The monoisotopic (exact) mass is 421 g/mol. The van der Waals surface area contributed by atoms with Crippen molar-refractivity contribution in [3.05, 3.63) is 80.1 Å². The van der Waals surface area contributed by atoms with Gasteiger partial charge in [0, 0.05) is 22.9 Å². The predicted molar refractivity (Wildman–Crippen MR) is 118 cm³/mol. The van der Waals surface area contributed by atoms with Gasteiger partial charge >= 0.3 is 5.63 Å². The van der Waals surface area contributed by atoms with E-state index in [0.717, 1.165) is 33.2 Å². The van der Waals surface area contributed by atoms with Crippen LogP contribution in [-0.2, 0) is 17.6 Å². The third-order valence-electron chi connectivity index (χ3n) is 5.96. The molecule has 0 atom stereocenters. The zero-order valence-corrected chi connectivity index (χ0v) is 18.0. The second kappa shape index (κ2) is 8.02. The number of benzene rings is 2. The molecule has 0 saturated carbocycles. The SMILES string of the molecule is Cc1oc2c(C)c3oc(=O)c(CC(=O)NCCc4ccccc4F)c(C)c3cc2c1C. The quantitative estimate of drug-likeness (QED) is 0.469. The van der Waals surface area contributed by atoms with E-state index in [-0.39, 0.29) is 24.7 Å². The van der Waals surface area contributed by atoms with Gasteiger partial charge in [0.15, 0.2) is 0 Å². The minimum Gasteiger partial charge on any atom is -0.461 e. The summed E-state index contributed by atoms with van der Waals surface area (Å²) in [6.07, 6.45) is 0.280. The number of amides is 1. The standard InChI is InChI=1S/C25H24FNO4/c1-13-16(4)30-23-15(3)24-19(11-18(13)23)14(2)20(25(29)31-24)12-22(28)27-10-9-17-7-5-6-8-21(17)26/h5-8,11H,9-10,12H2,1-4H3,(H,27,28). The maximum atomic E-state index is 13.7. The normalized spacial score (nSPS) is 11.4. The summed E-state index contributed by atoms with van der Waals surface area (Å²) < 4.78 is 25.2. The molecule has 5 nitrogen and oxygen atoms in total. The molecule has 2 aromatic heterocycles. The van der Waals surface area contributed by atoms with E-state index in [1.54, 1.807) is 18.2 Å². The molecule has 0 aliphatic heterocycles. The Kier molecular flexibility index (Phi) is 5.39. The maximum Gasteiger partial charge on any atom is 0.340 e. The van der Waals surface area contributed by atoms with Crippen molar-refractivity contribution in [2.75, 3.05) is 6.54 Å². The summed E-state index contributed by atoms with van der Waals surface area (Å²) in [6.45, 7) is 7.87. The molecule has 1 N–H and O–H groups in total. The molecule has 0 spiro atoms. The number of fused-ring (bicyclic) bond motifs is 2. The molecule has 4 aromatic rings. The predicted octanol–water partition coefficient (Wildman–Crippen LogP) is 4.81. The number of aryl methyl sites for hydroxylation is 4. The van der Waals surface area contributed by atoms with E-state index in [1.165, 1.54) is 6.07 Å². The molecule has 0 saturated heterocycles. The molecule has 31 heavy (non-hydrogen) atoms. The first kappa shape index (κ1) is 20.8. The van der Waals surface area contributed by atoms with Crippen LogP contribution in [0.5, 0.6) is 0 Å². The first-order chi connectivity index (χ1) is 14.8. The van der Waals surface area contributed by atoms with Crippen molar-refractivity contribution >= 4 is 27.8 Å². The van der Waals surface area contributed by atoms with Crippen molar-refractivity contribution in [2.24, 2.45) is 0 Å². The molecule has 0 fully saturated rings. The van der Waals surface area contributed by atoms with Gasteiger partial charge in [-0.2, -0.15) is 0 Å². The molecule has 0 bridgehead atoms. The molecule has 0 aliphatic rings. The molecule has 2 heterocycles. The Morgan fingerprint density at radius 2 is 1.65 bits per heavy atom. The van der Waals surface area contributed by atoms with Crippen molar-refractivity contribution in [2.45, 2.75) is 40.5 Å². The molecule has 2 aromatic carbocycles. The number of hydrogen-bond acceptors (Lipinski definition) is 4. The lowest BCUT2D eigenvalue weighted by Crippen LogP contribution is -2.29. The number of furan rings is 1. The third-order valence-corrected chi connectivity index (χ3v) is 5.96. The topological polar surface area (TPSA) is 72.5 Å². The van der Waals surface area contributed by atoms with Crippen molar-refractivity contribution in [1.29, 1.82) is 0 Å². The Labute approximate surface area is 178 Å². The average molecular weight is 421 g/mol. The minimum atomic E-state index is -0.531. The fraction of sp³-hybridized carbons (Fsp3) is 0.280. The highest BCUT2D eigenvalue weighted by Crippen LogP contribution is 2.34. The lowest BCUT2D eigenvalue weighted by atomic mass is 9.98.